The highest BCUT2D eigenvalue weighted by molar-refractivity contribution is 6.04. The second-order valence-electron chi connectivity index (χ2n) is 5.35. The van der Waals surface area contributed by atoms with Gasteiger partial charge < -0.3 is 25.9 Å². The molecule has 0 aliphatic rings. The zero-order valence-electron chi connectivity index (χ0n) is 12.9. The van der Waals surface area contributed by atoms with Crippen LogP contribution < -0.4 is 11.1 Å². The SMILES string of the molecule is Cc1c(C(=O)NCC(=O)[C@H](C=O)C(N)C(=O)O)[nH]c2ccccc12. The number of hydrogen-bond donors (Lipinski definition) is 4. The molecule has 1 aromatic carbocycles. The van der Waals surface area contributed by atoms with Gasteiger partial charge in [-0.25, -0.2) is 0 Å². The van der Waals surface area contributed by atoms with Crippen LogP contribution in [0.4, 0.5) is 0 Å². The molecule has 1 unspecified atom stereocenters. The lowest BCUT2D eigenvalue weighted by Gasteiger charge is -2.13. The summed E-state index contributed by atoms with van der Waals surface area (Å²) in [4.78, 5) is 48.8. The van der Waals surface area contributed by atoms with Gasteiger partial charge in [-0.1, -0.05) is 18.2 Å². The van der Waals surface area contributed by atoms with E-state index in [0.717, 1.165) is 16.5 Å². The summed E-state index contributed by atoms with van der Waals surface area (Å²) >= 11 is 0. The molecular formula is C16H17N3O5. The van der Waals surface area contributed by atoms with Crippen molar-refractivity contribution in [2.24, 2.45) is 11.7 Å². The maximum absolute atomic E-state index is 12.2. The predicted molar refractivity (Wildman–Crippen MR) is 85.5 cm³/mol. The number of fused-ring (bicyclic) bond motifs is 1. The second-order valence-corrected chi connectivity index (χ2v) is 5.35. The van der Waals surface area contributed by atoms with E-state index >= 15 is 0 Å². The van der Waals surface area contributed by atoms with Crippen molar-refractivity contribution < 1.29 is 24.3 Å². The molecule has 0 saturated carbocycles. The monoisotopic (exact) mass is 331 g/mol. The molecule has 1 heterocycles. The van der Waals surface area contributed by atoms with E-state index in [4.69, 9.17) is 10.8 Å². The van der Waals surface area contributed by atoms with Gasteiger partial charge in [-0.15, -0.1) is 0 Å². The molecule has 5 N–H and O–H groups in total. The summed E-state index contributed by atoms with van der Waals surface area (Å²) < 4.78 is 0. The van der Waals surface area contributed by atoms with Crippen LogP contribution in [0.15, 0.2) is 24.3 Å². The number of hydrogen-bond acceptors (Lipinski definition) is 5. The first kappa shape index (κ1) is 17.4. The number of aromatic amines is 1. The standard InChI is InChI=1S/C16H17N3O5/c1-8-9-4-2-3-5-11(9)19-14(8)15(22)18-6-12(21)10(7-20)13(17)16(23)24/h2-5,7,10,13,19H,6,17H2,1H3,(H,18,22)(H,23,24)/t10-,13?/m0/s1. The number of Topliss-reactive ketones (excluding diaryl/α,β-unsaturated/α-hetero) is 1. The van der Waals surface area contributed by atoms with Gasteiger partial charge in [0.15, 0.2) is 5.78 Å². The number of benzene rings is 1. The van der Waals surface area contributed by atoms with E-state index in [-0.39, 0.29) is 6.29 Å². The van der Waals surface area contributed by atoms with Crippen molar-refractivity contribution in [3.05, 3.63) is 35.5 Å². The van der Waals surface area contributed by atoms with Crippen molar-refractivity contribution in [2.75, 3.05) is 6.54 Å². The van der Waals surface area contributed by atoms with E-state index in [9.17, 15) is 19.2 Å². The van der Waals surface area contributed by atoms with Gasteiger partial charge >= 0.3 is 5.97 Å². The predicted octanol–water partition coefficient (Wildman–Crippen LogP) is 0.00222. The Balaban J connectivity index is 2.09. The molecule has 1 amide bonds. The Kier molecular flexibility index (Phi) is 5.10. The van der Waals surface area contributed by atoms with Gasteiger partial charge in [-0.2, -0.15) is 0 Å². The van der Waals surface area contributed by atoms with E-state index in [2.05, 4.69) is 10.3 Å². The fraction of sp³-hybridized carbons (Fsp3) is 0.250. The number of H-pyrrole nitrogens is 1. The van der Waals surface area contributed by atoms with Crippen molar-refractivity contribution in [3.8, 4) is 0 Å². The van der Waals surface area contributed by atoms with Crippen molar-refractivity contribution in [1.82, 2.24) is 10.3 Å². The quantitative estimate of drug-likeness (QED) is 0.415. The molecular weight excluding hydrogens is 314 g/mol. The third-order valence-corrected chi connectivity index (χ3v) is 3.81. The highest BCUT2D eigenvalue weighted by atomic mass is 16.4. The molecule has 0 aliphatic carbocycles. The summed E-state index contributed by atoms with van der Waals surface area (Å²) in [6.45, 7) is 1.28. The summed E-state index contributed by atoms with van der Waals surface area (Å²) in [5.41, 5.74) is 7.10. The van der Waals surface area contributed by atoms with E-state index in [1.807, 2.05) is 24.3 Å². The summed E-state index contributed by atoms with van der Waals surface area (Å²) in [6.07, 6.45) is 0.182. The van der Waals surface area contributed by atoms with Crippen LogP contribution in [0, 0.1) is 12.8 Å². The van der Waals surface area contributed by atoms with Crippen LogP contribution in [0.25, 0.3) is 10.9 Å². The van der Waals surface area contributed by atoms with Gasteiger partial charge in [-0.05, 0) is 18.6 Å². The second kappa shape index (κ2) is 7.05. The van der Waals surface area contributed by atoms with E-state index in [1.165, 1.54) is 0 Å². The molecule has 2 aromatic rings. The third kappa shape index (κ3) is 3.33. The first-order valence-electron chi connectivity index (χ1n) is 7.18. The average Bonchev–Trinajstić information content (AvgIpc) is 2.90. The number of carbonyl (C=O) groups excluding carboxylic acids is 3. The summed E-state index contributed by atoms with van der Waals surface area (Å²) in [5.74, 6) is -4.25. The molecule has 8 heteroatoms. The molecule has 2 rings (SSSR count). The number of carboxylic acids is 1. The van der Waals surface area contributed by atoms with E-state index < -0.39 is 36.2 Å². The van der Waals surface area contributed by atoms with Crippen LogP contribution in [-0.4, -0.2) is 46.6 Å². The van der Waals surface area contributed by atoms with Gasteiger partial charge in [0.25, 0.3) is 5.91 Å². The summed E-state index contributed by atoms with van der Waals surface area (Å²) in [7, 11) is 0. The Hall–Kier alpha value is -3.00. The number of aldehydes is 1. The van der Waals surface area contributed by atoms with Crippen LogP contribution in [-0.2, 0) is 14.4 Å². The zero-order chi connectivity index (χ0) is 17.9. The van der Waals surface area contributed by atoms with Gasteiger partial charge in [0, 0.05) is 10.9 Å². The Labute approximate surface area is 137 Å². The zero-order valence-corrected chi connectivity index (χ0v) is 12.9. The van der Waals surface area contributed by atoms with Crippen LogP contribution >= 0.6 is 0 Å². The number of nitrogens with two attached hydrogens (primary N) is 1. The number of nitrogens with one attached hydrogen (secondary N) is 2. The van der Waals surface area contributed by atoms with Crippen molar-refractivity contribution >= 4 is 34.8 Å². The minimum Gasteiger partial charge on any atom is -0.480 e. The molecule has 2 atom stereocenters. The lowest BCUT2D eigenvalue weighted by molar-refractivity contribution is -0.144. The molecule has 126 valence electrons. The first-order chi connectivity index (χ1) is 11.4. The smallest absolute Gasteiger partial charge is 0.321 e. The third-order valence-electron chi connectivity index (χ3n) is 3.81. The van der Waals surface area contributed by atoms with Crippen molar-refractivity contribution in [2.45, 2.75) is 13.0 Å². The minimum atomic E-state index is -1.64. The lowest BCUT2D eigenvalue weighted by atomic mass is 9.97. The van der Waals surface area contributed by atoms with Crippen LogP contribution in [0.2, 0.25) is 0 Å². The van der Waals surface area contributed by atoms with Gasteiger partial charge in [0.1, 0.15) is 23.9 Å². The minimum absolute atomic E-state index is 0.182. The number of aryl methyl sites for hydroxylation is 1. The highest BCUT2D eigenvalue weighted by Gasteiger charge is 2.30. The summed E-state index contributed by atoms with van der Waals surface area (Å²) in [5, 5.41) is 12.0. The fourth-order valence-corrected chi connectivity index (χ4v) is 2.40. The van der Waals surface area contributed by atoms with Crippen molar-refractivity contribution in [3.63, 3.8) is 0 Å². The molecule has 0 spiro atoms. The van der Waals surface area contributed by atoms with Crippen molar-refractivity contribution in [1.29, 1.82) is 0 Å². The maximum Gasteiger partial charge on any atom is 0.321 e. The maximum atomic E-state index is 12.2. The number of aliphatic carboxylic acids is 1. The number of amides is 1. The molecule has 24 heavy (non-hydrogen) atoms. The van der Waals surface area contributed by atoms with Crippen LogP contribution in [0.1, 0.15) is 16.1 Å². The van der Waals surface area contributed by atoms with E-state index in [0.29, 0.717) is 5.69 Å². The molecule has 1 aromatic heterocycles. The topological polar surface area (TPSA) is 142 Å². The summed E-state index contributed by atoms with van der Waals surface area (Å²) in [6, 6.07) is 5.71. The molecule has 0 saturated heterocycles. The Bertz CT molecular complexity index is 811. The largest absolute Gasteiger partial charge is 0.480 e. The normalized spacial score (nSPS) is 13.2. The van der Waals surface area contributed by atoms with Gasteiger partial charge in [0.2, 0.25) is 0 Å². The van der Waals surface area contributed by atoms with Gasteiger partial charge in [0.05, 0.1) is 6.54 Å². The lowest BCUT2D eigenvalue weighted by Crippen LogP contribution is -2.46. The van der Waals surface area contributed by atoms with Crippen LogP contribution in [0.5, 0.6) is 0 Å². The fourth-order valence-electron chi connectivity index (χ4n) is 2.40. The Morgan fingerprint density at radius 1 is 1.33 bits per heavy atom. The molecule has 0 bridgehead atoms. The Morgan fingerprint density at radius 3 is 2.58 bits per heavy atom. The molecule has 8 nitrogen and oxygen atoms in total. The number of ketones is 1. The molecule has 0 aliphatic heterocycles. The van der Waals surface area contributed by atoms with Crippen LogP contribution in [0.3, 0.4) is 0 Å². The molecule has 0 fully saturated rings. The first-order valence-corrected chi connectivity index (χ1v) is 7.18. The Morgan fingerprint density at radius 2 is 2.00 bits per heavy atom. The number of aromatic nitrogens is 1. The number of carboxylic acid groups (broad SMARTS) is 1. The average molecular weight is 331 g/mol. The number of rotatable bonds is 7. The van der Waals surface area contributed by atoms with Gasteiger partial charge in [-0.3, -0.25) is 14.4 Å². The number of para-hydroxylation sites is 1. The molecule has 0 radical (unpaired) electrons. The van der Waals surface area contributed by atoms with E-state index in [1.54, 1.807) is 6.92 Å². The number of carbonyl (C=O) groups is 4. The highest BCUT2D eigenvalue weighted by Crippen LogP contribution is 2.21.